The van der Waals surface area contributed by atoms with Gasteiger partial charge in [0.1, 0.15) is 5.75 Å². The van der Waals surface area contributed by atoms with Gasteiger partial charge in [-0.1, -0.05) is 45.1 Å². The van der Waals surface area contributed by atoms with E-state index in [-0.39, 0.29) is 5.04 Å². The van der Waals surface area contributed by atoms with Crippen molar-refractivity contribution in [3.63, 3.8) is 0 Å². The van der Waals surface area contributed by atoms with Crippen LogP contribution < -0.4 is 18.6 Å². The minimum atomic E-state index is -2.03. The topological polar surface area (TPSA) is 36.9 Å². The molecule has 0 heterocycles. The molecular weight excluding hydrogens is 368 g/mol. The Labute approximate surface area is 170 Å². The van der Waals surface area contributed by atoms with Crippen LogP contribution in [0.5, 0.6) is 23.0 Å². The molecule has 0 atom stereocenters. The normalized spacial score (nSPS) is 12.1. The molecule has 0 spiro atoms. The summed E-state index contributed by atoms with van der Waals surface area (Å²) in [6.07, 6.45) is 4.07. The van der Waals surface area contributed by atoms with Gasteiger partial charge in [0.15, 0.2) is 17.2 Å². The van der Waals surface area contributed by atoms with E-state index in [1.54, 1.807) is 21.3 Å². The molecule has 2 aromatic rings. The summed E-state index contributed by atoms with van der Waals surface area (Å²) in [7, 11) is 2.95. The quantitative estimate of drug-likeness (QED) is 0.406. The Hall–Kier alpha value is -2.40. The van der Waals surface area contributed by atoms with Crippen LogP contribution in [0.3, 0.4) is 0 Å². The third kappa shape index (κ3) is 5.10. The van der Waals surface area contributed by atoms with E-state index in [0.29, 0.717) is 17.2 Å². The van der Waals surface area contributed by atoms with Crippen molar-refractivity contribution in [2.24, 2.45) is 0 Å². The van der Waals surface area contributed by atoms with Crippen LogP contribution >= 0.6 is 0 Å². The fraction of sp³-hybridized carbons (Fsp3) is 0.391. The van der Waals surface area contributed by atoms with Crippen molar-refractivity contribution in [2.75, 3.05) is 21.3 Å². The maximum absolute atomic E-state index is 6.50. The van der Waals surface area contributed by atoms with Crippen molar-refractivity contribution in [2.45, 2.75) is 38.9 Å². The van der Waals surface area contributed by atoms with Gasteiger partial charge in [0.25, 0.3) is 8.32 Å². The number of hydrogen-bond acceptors (Lipinski definition) is 4. The van der Waals surface area contributed by atoms with E-state index >= 15 is 0 Å². The third-order valence-electron chi connectivity index (χ3n) is 5.23. The van der Waals surface area contributed by atoms with E-state index in [1.807, 2.05) is 48.6 Å². The predicted molar refractivity (Wildman–Crippen MR) is 119 cm³/mol. The molecule has 152 valence electrons. The molecule has 5 heteroatoms. The predicted octanol–water partition coefficient (Wildman–Crippen LogP) is 6.27. The smallest absolute Gasteiger partial charge is 0.250 e. The first kappa shape index (κ1) is 21.9. The highest BCUT2D eigenvalue weighted by Crippen LogP contribution is 2.45. The van der Waals surface area contributed by atoms with Gasteiger partial charge >= 0.3 is 0 Å². The second kappa shape index (κ2) is 8.74. The molecule has 0 saturated heterocycles. The summed E-state index contributed by atoms with van der Waals surface area (Å²) < 4.78 is 23.0. The minimum absolute atomic E-state index is 0.0793. The zero-order chi connectivity index (χ0) is 20.9. The Morgan fingerprint density at radius 2 is 1.25 bits per heavy atom. The molecule has 0 aliphatic heterocycles. The molecule has 0 radical (unpaired) electrons. The second-order valence-corrected chi connectivity index (χ2v) is 12.9. The molecule has 4 nitrogen and oxygen atoms in total. The second-order valence-electron chi connectivity index (χ2n) is 8.22. The highest BCUT2D eigenvalue weighted by molar-refractivity contribution is 6.74. The summed E-state index contributed by atoms with van der Waals surface area (Å²) in [6, 6.07) is 11.9. The molecular formula is C23H32O4Si. The minimum Gasteiger partial charge on any atom is -0.539 e. The van der Waals surface area contributed by atoms with E-state index in [4.69, 9.17) is 18.6 Å². The van der Waals surface area contributed by atoms with Gasteiger partial charge in [0.2, 0.25) is 0 Å². The molecule has 2 rings (SSSR count). The van der Waals surface area contributed by atoms with Gasteiger partial charge in [-0.15, -0.1) is 0 Å². The van der Waals surface area contributed by atoms with E-state index in [9.17, 15) is 0 Å². The van der Waals surface area contributed by atoms with Crippen LogP contribution in [0.1, 0.15) is 31.9 Å². The summed E-state index contributed by atoms with van der Waals surface area (Å²) >= 11 is 0. The van der Waals surface area contributed by atoms with Crippen molar-refractivity contribution in [1.29, 1.82) is 0 Å². The lowest BCUT2D eigenvalue weighted by atomic mass is 10.1. The van der Waals surface area contributed by atoms with Gasteiger partial charge in [0.05, 0.1) is 21.3 Å². The lowest BCUT2D eigenvalue weighted by Gasteiger charge is -2.37. The van der Waals surface area contributed by atoms with Gasteiger partial charge in [-0.05, 0) is 53.5 Å². The maximum atomic E-state index is 6.50. The zero-order valence-corrected chi connectivity index (χ0v) is 19.3. The van der Waals surface area contributed by atoms with Gasteiger partial charge in [-0.2, -0.15) is 0 Å². The largest absolute Gasteiger partial charge is 0.539 e. The van der Waals surface area contributed by atoms with Crippen LogP contribution in [0.25, 0.3) is 12.2 Å². The third-order valence-corrected chi connectivity index (χ3v) is 9.56. The van der Waals surface area contributed by atoms with Gasteiger partial charge in [-0.25, -0.2) is 0 Å². The number of benzene rings is 2. The Kier molecular flexibility index (Phi) is 6.83. The summed E-state index contributed by atoms with van der Waals surface area (Å²) in [4.78, 5) is 0. The molecule has 0 N–H and O–H groups in total. The fourth-order valence-corrected chi connectivity index (χ4v) is 3.43. The van der Waals surface area contributed by atoms with E-state index in [0.717, 1.165) is 16.9 Å². The SMILES string of the molecule is COc1ccc(/C=C/c2cc(OC)c(O[Si](C)(C)C(C)(C)C)c(OC)c2)cc1. The first-order chi connectivity index (χ1) is 13.1. The Bertz CT molecular complexity index is 792. The number of hydrogen-bond donors (Lipinski definition) is 0. The van der Waals surface area contributed by atoms with Crippen molar-refractivity contribution in [3.05, 3.63) is 47.5 Å². The van der Waals surface area contributed by atoms with E-state index in [2.05, 4.69) is 33.9 Å². The highest BCUT2D eigenvalue weighted by atomic mass is 28.4. The maximum Gasteiger partial charge on any atom is 0.250 e. The molecule has 0 aliphatic carbocycles. The van der Waals surface area contributed by atoms with E-state index in [1.165, 1.54) is 0 Å². The average molecular weight is 401 g/mol. The van der Waals surface area contributed by atoms with E-state index < -0.39 is 8.32 Å². The molecule has 28 heavy (non-hydrogen) atoms. The Balaban J connectivity index is 2.37. The summed E-state index contributed by atoms with van der Waals surface area (Å²) in [5.74, 6) is 2.88. The molecule has 0 bridgehead atoms. The Morgan fingerprint density at radius 1 is 0.750 bits per heavy atom. The van der Waals surface area contributed by atoms with Crippen LogP contribution in [-0.4, -0.2) is 29.6 Å². The number of rotatable bonds is 7. The van der Waals surface area contributed by atoms with Gasteiger partial charge < -0.3 is 18.6 Å². The fourth-order valence-electron chi connectivity index (χ4n) is 2.41. The van der Waals surface area contributed by atoms with Crippen molar-refractivity contribution >= 4 is 20.5 Å². The van der Waals surface area contributed by atoms with Crippen LogP contribution in [0.15, 0.2) is 36.4 Å². The summed E-state index contributed by atoms with van der Waals surface area (Å²) in [5, 5.41) is 0.0793. The van der Waals surface area contributed by atoms with Crippen LogP contribution in [0.2, 0.25) is 18.1 Å². The van der Waals surface area contributed by atoms with Crippen LogP contribution in [0.4, 0.5) is 0 Å². The van der Waals surface area contributed by atoms with Crippen LogP contribution in [0, 0.1) is 0 Å². The standard InChI is InChI=1S/C23H32O4Si/c1-23(2,3)28(7,8)27-22-20(25-5)15-18(16-21(22)26-6)10-9-17-11-13-19(24-4)14-12-17/h9-16H,1-8H3/b10-9+. The van der Waals surface area contributed by atoms with Crippen molar-refractivity contribution in [1.82, 2.24) is 0 Å². The van der Waals surface area contributed by atoms with Crippen LogP contribution in [-0.2, 0) is 0 Å². The number of methoxy groups -OCH3 is 3. The molecule has 0 amide bonds. The lowest BCUT2D eigenvalue weighted by Crippen LogP contribution is -2.44. The molecule has 0 fully saturated rings. The average Bonchev–Trinajstić information content (AvgIpc) is 2.66. The Morgan fingerprint density at radius 3 is 1.68 bits per heavy atom. The monoisotopic (exact) mass is 400 g/mol. The summed E-state index contributed by atoms with van der Waals surface area (Å²) in [6.45, 7) is 11.1. The van der Waals surface area contributed by atoms with Gasteiger partial charge in [0, 0.05) is 0 Å². The van der Waals surface area contributed by atoms with Crippen molar-refractivity contribution in [3.8, 4) is 23.0 Å². The summed E-state index contributed by atoms with van der Waals surface area (Å²) in [5.41, 5.74) is 2.06. The van der Waals surface area contributed by atoms with Gasteiger partial charge in [-0.3, -0.25) is 0 Å². The highest BCUT2D eigenvalue weighted by Gasteiger charge is 2.40. The molecule has 2 aromatic carbocycles. The molecule has 0 aromatic heterocycles. The van der Waals surface area contributed by atoms with Crippen molar-refractivity contribution < 1.29 is 18.6 Å². The zero-order valence-electron chi connectivity index (χ0n) is 18.3. The number of ether oxygens (including phenoxy) is 3. The molecule has 0 saturated carbocycles. The molecule has 0 aliphatic rings. The first-order valence-corrected chi connectivity index (χ1v) is 12.3. The lowest BCUT2D eigenvalue weighted by molar-refractivity contribution is 0.354. The first-order valence-electron chi connectivity index (χ1n) is 9.38. The molecule has 0 unspecified atom stereocenters.